The van der Waals surface area contributed by atoms with Crippen molar-refractivity contribution in [3.05, 3.63) is 34.3 Å². The number of aromatic nitrogens is 4. The number of benzene rings is 1. The van der Waals surface area contributed by atoms with E-state index in [4.69, 9.17) is 9.26 Å². The zero-order valence-corrected chi connectivity index (χ0v) is 14.8. The standard InChI is InChI=1S/C16H20N6O4/c1-4-5-13-20-14(26-21-13)8-22(2)16(24)19-11-6-9-10(7-12(11)25-3)18-15(23)17-9/h6-7H,4-5,8H2,1-3H3,(H,19,24)(H2,17,18,23). The first-order valence-corrected chi connectivity index (χ1v) is 8.13. The van der Waals surface area contributed by atoms with E-state index >= 15 is 0 Å². The highest BCUT2D eigenvalue weighted by atomic mass is 16.5. The maximum atomic E-state index is 12.4. The van der Waals surface area contributed by atoms with Crippen LogP contribution in [0.3, 0.4) is 0 Å². The van der Waals surface area contributed by atoms with Crippen LogP contribution in [0.15, 0.2) is 21.5 Å². The van der Waals surface area contributed by atoms with Crippen LogP contribution in [0, 0.1) is 0 Å². The van der Waals surface area contributed by atoms with Crippen LogP contribution < -0.4 is 15.7 Å². The van der Waals surface area contributed by atoms with Crippen LogP contribution in [0.25, 0.3) is 11.0 Å². The summed E-state index contributed by atoms with van der Waals surface area (Å²) >= 11 is 0. The molecular formula is C16H20N6O4. The normalized spacial score (nSPS) is 10.9. The minimum atomic E-state index is -0.379. The van der Waals surface area contributed by atoms with Crippen molar-refractivity contribution in [1.29, 1.82) is 0 Å². The number of aromatic amines is 2. The topological polar surface area (TPSA) is 129 Å². The van der Waals surface area contributed by atoms with Gasteiger partial charge in [-0.15, -0.1) is 0 Å². The summed E-state index contributed by atoms with van der Waals surface area (Å²) < 4.78 is 10.4. The van der Waals surface area contributed by atoms with Gasteiger partial charge in [-0.25, -0.2) is 9.59 Å². The number of aryl methyl sites for hydroxylation is 1. The number of H-pyrrole nitrogens is 2. The highest BCUT2D eigenvalue weighted by molar-refractivity contribution is 5.94. The Labute approximate surface area is 148 Å². The van der Waals surface area contributed by atoms with Crippen molar-refractivity contribution in [2.75, 3.05) is 19.5 Å². The molecule has 0 saturated heterocycles. The molecule has 3 N–H and O–H groups in total. The smallest absolute Gasteiger partial charge is 0.323 e. The van der Waals surface area contributed by atoms with Crippen LogP contribution in [-0.4, -0.2) is 45.2 Å². The summed E-state index contributed by atoms with van der Waals surface area (Å²) in [5.74, 6) is 1.42. The quantitative estimate of drug-likeness (QED) is 0.615. The van der Waals surface area contributed by atoms with Crippen molar-refractivity contribution >= 4 is 22.8 Å². The second-order valence-corrected chi connectivity index (χ2v) is 5.82. The van der Waals surface area contributed by atoms with Gasteiger partial charge in [0.05, 0.1) is 23.8 Å². The zero-order valence-electron chi connectivity index (χ0n) is 14.8. The molecule has 0 bridgehead atoms. The van der Waals surface area contributed by atoms with E-state index in [0.717, 1.165) is 12.8 Å². The molecule has 3 rings (SSSR count). The number of rotatable bonds is 6. The summed E-state index contributed by atoms with van der Waals surface area (Å²) in [4.78, 5) is 34.8. The van der Waals surface area contributed by atoms with E-state index in [1.807, 2.05) is 6.92 Å². The van der Waals surface area contributed by atoms with E-state index in [9.17, 15) is 9.59 Å². The fraction of sp³-hybridized carbons (Fsp3) is 0.375. The third-order valence-electron chi connectivity index (χ3n) is 3.78. The molecule has 2 amide bonds. The minimum absolute atomic E-state index is 0.175. The van der Waals surface area contributed by atoms with Crippen LogP contribution in [-0.2, 0) is 13.0 Å². The highest BCUT2D eigenvalue weighted by Crippen LogP contribution is 2.28. The maximum Gasteiger partial charge on any atom is 0.323 e. The predicted molar refractivity (Wildman–Crippen MR) is 94.3 cm³/mol. The van der Waals surface area contributed by atoms with Crippen molar-refractivity contribution in [2.24, 2.45) is 0 Å². The van der Waals surface area contributed by atoms with Crippen molar-refractivity contribution in [1.82, 2.24) is 25.0 Å². The van der Waals surface area contributed by atoms with Crippen LogP contribution in [0.5, 0.6) is 5.75 Å². The molecule has 0 atom stereocenters. The number of urea groups is 1. The molecule has 0 aliphatic heterocycles. The summed E-state index contributed by atoms with van der Waals surface area (Å²) in [6.07, 6.45) is 1.64. The molecule has 138 valence electrons. The third kappa shape index (κ3) is 3.68. The molecule has 10 heteroatoms. The second kappa shape index (κ2) is 7.30. The average Bonchev–Trinajstić information content (AvgIpc) is 3.19. The van der Waals surface area contributed by atoms with Gasteiger partial charge in [0.15, 0.2) is 5.82 Å². The van der Waals surface area contributed by atoms with Gasteiger partial charge in [0.25, 0.3) is 0 Å². The van der Waals surface area contributed by atoms with Gasteiger partial charge >= 0.3 is 11.7 Å². The maximum absolute atomic E-state index is 12.4. The lowest BCUT2D eigenvalue weighted by Gasteiger charge is -2.17. The van der Waals surface area contributed by atoms with Crippen molar-refractivity contribution < 1.29 is 14.1 Å². The number of imidazole rings is 1. The zero-order chi connectivity index (χ0) is 18.7. The molecule has 0 unspecified atom stereocenters. The van der Waals surface area contributed by atoms with Gasteiger partial charge in [-0.1, -0.05) is 12.1 Å². The van der Waals surface area contributed by atoms with Crippen LogP contribution in [0.2, 0.25) is 0 Å². The third-order valence-corrected chi connectivity index (χ3v) is 3.78. The number of carbonyl (C=O) groups is 1. The largest absolute Gasteiger partial charge is 0.494 e. The van der Waals surface area contributed by atoms with Gasteiger partial charge in [-0.3, -0.25) is 0 Å². The molecule has 0 aliphatic rings. The number of anilines is 1. The highest BCUT2D eigenvalue weighted by Gasteiger charge is 2.16. The Morgan fingerprint density at radius 2 is 2.08 bits per heavy atom. The summed E-state index contributed by atoms with van der Waals surface area (Å²) in [5.41, 5.74) is 1.26. The fourth-order valence-electron chi connectivity index (χ4n) is 2.49. The molecule has 0 radical (unpaired) electrons. The van der Waals surface area contributed by atoms with Crippen molar-refractivity contribution in [3.63, 3.8) is 0 Å². The number of nitrogens with zero attached hydrogens (tertiary/aromatic N) is 3. The number of hydrogen-bond acceptors (Lipinski definition) is 6. The van der Waals surface area contributed by atoms with E-state index < -0.39 is 0 Å². The lowest BCUT2D eigenvalue weighted by atomic mass is 10.2. The molecule has 1 aromatic carbocycles. The second-order valence-electron chi connectivity index (χ2n) is 5.82. The molecule has 0 fully saturated rings. The Bertz CT molecular complexity index is 973. The predicted octanol–water partition coefficient (Wildman–Crippen LogP) is 1.86. The molecule has 10 nitrogen and oxygen atoms in total. The molecule has 2 heterocycles. The fourth-order valence-corrected chi connectivity index (χ4v) is 2.49. The van der Waals surface area contributed by atoms with Gasteiger partial charge < -0.3 is 29.4 Å². The number of hydrogen-bond donors (Lipinski definition) is 3. The van der Waals surface area contributed by atoms with E-state index in [1.165, 1.54) is 12.0 Å². The first-order chi connectivity index (χ1) is 12.5. The summed E-state index contributed by atoms with van der Waals surface area (Å²) in [6.45, 7) is 2.20. The molecule has 26 heavy (non-hydrogen) atoms. The van der Waals surface area contributed by atoms with E-state index in [1.54, 1.807) is 19.2 Å². The van der Waals surface area contributed by atoms with Crippen LogP contribution >= 0.6 is 0 Å². The Morgan fingerprint density at radius 3 is 2.77 bits per heavy atom. The first-order valence-electron chi connectivity index (χ1n) is 8.13. The van der Waals surface area contributed by atoms with Gasteiger partial charge in [0.1, 0.15) is 12.3 Å². The van der Waals surface area contributed by atoms with Gasteiger partial charge in [-0.05, 0) is 12.5 Å². The number of fused-ring (bicyclic) bond motifs is 1. The Kier molecular flexibility index (Phi) is 4.92. The van der Waals surface area contributed by atoms with Crippen molar-refractivity contribution in [2.45, 2.75) is 26.3 Å². The number of ether oxygens (including phenoxy) is 1. The molecule has 0 spiro atoms. The molecule has 3 aromatic rings. The summed E-state index contributed by atoms with van der Waals surface area (Å²) in [6, 6.07) is 2.89. The number of carbonyl (C=O) groups excluding carboxylic acids is 1. The minimum Gasteiger partial charge on any atom is -0.494 e. The van der Waals surface area contributed by atoms with Gasteiger partial charge in [-0.2, -0.15) is 4.98 Å². The Hall–Kier alpha value is -3.30. The van der Waals surface area contributed by atoms with Crippen molar-refractivity contribution in [3.8, 4) is 5.75 Å². The van der Waals surface area contributed by atoms with Crippen LogP contribution in [0.4, 0.5) is 10.5 Å². The molecule has 2 aromatic heterocycles. The molecule has 0 saturated carbocycles. The lowest BCUT2D eigenvalue weighted by molar-refractivity contribution is 0.213. The van der Waals surface area contributed by atoms with Gasteiger partial charge in [0.2, 0.25) is 5.89 Å². The lowest BCUT2D eigenvalue weighted by Crippen LogP contribution is -2.31. The van der Waals surface area contributed by atoms with E-state index in [0.29, 0.717) is 34.2 Å². The number of nitrogens with one attached hydrogen (secondary N) is 3. The Morgan fingerprint density at radius 1 is 1.35 bits per heavy atom. The molecular weight excluding hydrogens is 340 g/mol. The number of amides is 2. The first kappa shape index (κ1) is 17.5. The Balaban J connectivity index is 1.73. The summed E-state index contributed by atoms with van der Waals surface area (Å²) in [5, 5.41) is 6.62. The average molecular weight is 360 g/mol. The van der Waals surface area contributed by atoms with E-state index in [2.05, 4.69) is 25.4 Å². The van der Waals surface area contributed by atoms with Gasteiger partial charge in [0, 0.05) is 19.5 Å². The SMILES string of the molecule is CCCc1noc(CN(C)C(=O)Nc2cc3[nH]c(=O)[nH]c3cc2OC)n1. The molecule has 0 aliphatic carbocycles. The number of methoxy groups -OCH3 is 1. The monoisotopic (exact) mass is 360 g/mol. The van der Waals surface area contributed by atoms with E-state index in [-0.39, 0.29) is 18.3 Å². The van der Waals surface area contributed by atoms with Crippen LogP contribution in [0.1, 0.15) is 25.1 Å². The summed E-state index contributed by atoms with van der Waals surface area (Å²) in [7, 11) is 3.10.